The van der Waals surface area contributed by atoms with Gasteiger partial charge in [0.05, 0.1) is 11.0 Å². The molecule has 0 aliphatic carbocycles. The first-order valence-corrected chi connectivity index (χ1v) is 9.58. The molecule has 3 heteroatoms. The molecule has 28 heavy (non-hydrogen) atoms. The summed E-state index contributed by atoms with van der Waals surface area (Å²) in [6.07, 6.45) is 0.980. The van der Waals surface area contributed by atoms with Gasteiger partial charge >= 0.3 is 0 Å². The van der Waals surface area contributed by atoms with Crippen LogP contribution in [0.2, 0.25) is 0 Å². The second-order valence-corrected chi connectivity index (χ2v) is 7.07. The van der Waals surface area contributed by atoms with E-state index in [1.165, 1.54) is 5.56 Å². The molecule has 3 aromatic carbocycles. The average Bonchev–Trinajstić information content (AvgIpc) is 2.74. The summed E-state index contributed by atoms with van der Waals surface area (Å²) in [7, 11) is 4.08. The lowest BCUT2D eigenvalue weighted by Crippen LogP contribution is -2.08. The van der Waals surface area contributed by atoms with Crippen molar-refractivity contribution in [3.8, 4) is 11.3 Å². The summed E-state index contributed by atoms with van der Waals surface area (Å²) in [6.45, 7) is 2.16. The van der Waals surface area contributed by atoms with Crippen molar-refractivity contribution in [3.05, 3.63) is 89.8 Å². The molecular formula is C25H24N2O. The zero-order valence-corrected chi connectivity index (χ0v) is 16.5. The van der Waals surface area contributed by atoms with Gasteiger partial charge in [0.2, 0.25) is 0 Å². The number of benzene rings is 3. The van der Waals surface area contributed by atoms with Crippen molar-refractivity contribution in [2.75, 3.05) is 19.0 Å². The highest BCUT2D eigenvalue weighted by atomic mass is 16.3. The third-order valence-corrected chi connectivity index (χ3v) is 4.89. The first kappa shape index (κ1) is 18.1. The molecule has 0 saturated carbocycles. The van der Waals surface area contributed by atoms with Gasteiger partial charge in [-0.15, -0.1) is 0 Å². The molecule has 3 nitrogen and oxygen atoms in total. The van der Waals surface area contributed by atoms with Gasteiger partial charge in [-0.2, -0.15) is 0 Å². The van der Waals surface area contributed by atoms with Crippen LogP contribution in [0.15, 0.2) is 88.3 Å². The van der Waals surface area contributed by atoms with Crippen LogP contribution in [0.1, 0.15) is 12.5 Å². The van der Waals surface area contributed by atoms with E-state index < -0.39 is 0 Å². The van der Waals surface area contributed by atoms with E-state index in [0.717, 1.165) is 45.4 Å². The van der Waals surface area contributed by atoms with E-state index in [-0.39, 0.29) is 0 Å². The molecular weight excluding hydrogens is 344 g/mol. The first-order valence-electron chi connectivity index (χ1n) is 9.58. The number of anilines is 1. The van der Waals surface area contributed by atoms with Crippen LogP contribution in [0.5, 0.6) is 0 Å². The van der Waals surface area contributed by atoms with Crippen LogP contribution >= 0.6 is 0 Å². The van der Waals surface area contributed by atoms with Gasteiger partial charge in [-0.1, -0.05) is 43.3 Å². The summed E-state index contributed by atoms with van der Waals surface area (Å²) < 4.78 is 6.21. The van der Waals surface area contributed by atoms with Crippen LogP contribution in [-0.2, 0) is 6.42 Å². The van der Waals surface area contributed by atoms with Crippen LogP contribution in [0, 0.1) is 0 Å². The molecule has 0 radical (unpaired) electrons. The quantitative estimate of drug-likeness (QED) is 0.445. The molecule has 0 aliphatic rings. The maximum Gasteiger partial charge on any atom is 0.136 e. The molecule has 0 aliphatic heterocycles. The number of aryl methyl sites for hydroxylation is 1. The van der Waals surface area contributed by atoms with E-state index >= 15 is 0 Å². The zero-order chi connectivity index (χ0) is 19.5. The maximum absolute atomic E-state index is 6.21. The van der Waals surface area contributed by atoms with Crippen LogP contribution in [0.4, 0.5) is 11.4 Å². The van der Waals surface area contributed by atoms with Gasteiger partial charge in [0.1, 0.15) is 11.3 Å². The van der Waals surface area contributed by atoms with Crippen LogP contribution in [-0.4, -0.2) is 14.1 Å². The van der Waals surface area contributed by atoms with Gasteiger partial charge in [0.25, 0.3) is 0 Å². The summed E-state index contributed by atoms with van der Waals surface area (Å²) in [6, 6.07) is 26.8. The van der Waals surface area contributed by atoms with Crippen LogP contribution < -0.4 is 10.3 Å². The van der Waals surface area contributed by atoms with Crippen molar-refractivity contribution in [1.29, 1.82) is 0 Å². The third-order valence-electron chi connectivity index (χ3n) is 4.89. The minimum Gasteiger partial charge on any atom is -0.456 e. The summed E-state index contributed by atoms with van der Waals surface area (Å²) in [5, 5.41) is 1.96. The Labute approximate surface area is 165 Å². The number of hydrogen-bond acceptors (Lipinski definition) is 3. The molecule has 1 heterocycles. The minimum absolute atomic E-state index is 0.820. The van der Waals surface area contributed by atoms with Crippen molar-refractivity contribution in [1.82, 2.24) is 0 Å². The molecule has 0 fully saturated rings. The molecule has 4 aromatic rings. The van der Waals surface area contributed by atoms with Crippen molar-refractivity contribution < 1.29 is 4.42 Å². The lowest BCUT2D eigenvalue weighted by atomic mass is 10.1. The lowest BCUT2D eigenvalue weighted by molar-refractivity contribution is 0.618. The van der Waals surface area contributed by atoms with Crippen molar-refractivity contribution in [3.63, 3.8) is 0 Å². The van der Waals surface area contributed by atoms with E-state index in [1.54, 1.807) is 0 Å². The summed E-state index contributed by atoms with van der Waals surface area (Å²) in [4.78, 5) is 7.04. The zero-order valence-electron chi connectivity index (χ0n) is 16.5. The Kier molecular flexibility index (Phi) is 4.98. The molecule has 140 valence electrons. The van der Waals surface area contributed by atoms with Gasteiger partial charge in [0, 0.05) is 36.8 Å². The van der Waals surface area contributed by atoms with Crippen molar-refractivity contribution >= 4 is 22.3 Å². The second kappa shape index (κ2) is 7.73. The molecule has 0 N–H and O–H groups in total. The monoisotopic (exact) mass is 368 g/mol. The molecule has 0 unspecified atom stereocenters. The molecule has 0 amide bonds. The fraction of sp³-hybridized carbons (Fsp3) is 0.160. The largest absolute Gasteiger partial charge is 0.456 e. The van der Waals surface area contributed by atoms with Gasteiger partial charge in [0.15, 0.2) is 0 Å². The molecule has 0 spiro atoms. The Balaban J connectivity index is 1.93. The summed E-state index contributed by atoms with van der Waals surface area (Å²) in [5.74, 6) is 0.820. The van der Waals surface area contributed by atoms with Gasteiger partial charge in [-0.3, -0.25) is 0 Å². The second-order valence-electron chi connectivity index (χ2n) is 7.07. The van der Waals surface area contributed by atoms with Crippen LogP contribution in [0.3, 0.4) is 0 Å². The SMILES string of the molecule is CCc1ccc2oc(-c3ccccc3)cc(=Nc3ccc(N(C)C)cc3)c2c1. The van der Waals surface area contributed by atoms with E-state index in [0.29, 0.717) is 0 Å². The Morgan fingerprint density at radius 1 is 0.857 bits per heavy atom. The van der Waals surface area contributed by atoms with E-state index in [2.05, 4.69) is 66.4 Å². The highest BCUT2D eigenvalue weighted by Gasteiger charge is 2.07. The lowest BCUT2D eigenvalue weighted by Gasteiger charge is -2.11. The standard InChI is InChI=1S/C25H24N2O/c1-4-18-10-15-24-22(16-18)23(17-25(28-24)19-8-6-5-7-9-19)26-20-11-13-21(14-12-20)27(2)3/h5-17H,4H2,1-3H3. The normalized spacial score (nSPS) is 11.8. The topological polar surface area (TPSA) is 28.7 Å². The Morgan fingerprint density at radius 3 is 2.29 bits per heavy atom. The molecule has 0 saturated heterocycles. The molecule has 0 atom stereocenters. The summed E-state index contributed by atoms with van der Waals surface area (Å²) in [5.41, 5.74) is 5.25. The van der Waals surface area contributed by atoms with Gasteiger partial charge in [-0.25, -0.2) is 4.99 Å². The Bertz CT molecular complexity index is 1160. The molecule has 4 rings (SSSR count). The highest BCUT2D eigenvalue weighted by Crippen LogP contribution is 2.24. The number of fused-ring (bicyclic) bond motifs is 1. The van der Waals surface area contributed by atoms with Crippen molar-refractivity contribution in [2.45, 2.75) is 13.3 Å². The molecule has 1 aromatic heterocycles. The van der Waals surface area contributed by atoms with E-state index in [4.69, 9.17) is 9.41 Å². The smallest absolute Gasteiger partial charge is 0.136 e. The fourth-order valence-electron chi connectivity index (χ4n) is 3.24. The first-order chi connectivity index (χ1) is 13.6. The fourth-order valence-corrected chi connectivity index (χ4v) is 3.24. The minimum atomic E-state index is 0.820. The number of nitrogens with zero attached hydrogens (tertiary/aromatic N) is 2. The predicted octanol–water partition coefficient (Wildman–Crippen LogP) is 5.96. The van der Waals surface area contributed by atoms with Gasteiger partial charge in [-0.05, 0) is 48.4 Å². The highest BCUT2D eigenvalue weighted by molar-refractivity contribution is 5.79. The summed E-state index contributed by atoms with van der Waals surface area (Å²) >= 11 is 0. The van der Waals surface area contributed by atoms with Gasteiger partial charge < -0.3 is 9.32 Å². The predicted molar refractivity (Wildman–Crippen MR) is 117 cm³/mol. The Morgan fingerprint density at radius 2 is 1.61 bits per heavy atom. The molecule has 0 bridgehead atoms. The maximum atomic E-state index is 6.21. The average molecular weight is 368 g/mol. The van der Waals surface area contributed by atoms with E-state index in [1.807, 2.05) is 38.4 Å². The number of hydrogen-bond donors (Lipinski definition) is 0. The third kappa shape index (κ3) is 3.70. The number of rotatable bonds is 4. The van der Waals surface area contributed by atoms with E-state index in [9.17, 15) is 0 Å². The van der Waals surface area contributed by atoms with Crippen LogP contribution in [0.25, 0.3) is 22.3 Å². The Hall–Kier alpha value is -3.33. The van der Waals surface area contributed by atoms with Crippen molar-refractivity contribution in [2.24, 2.45) is 4.99 Å².